The summed E-state index contributed by atoms with van der Waals surface area (Å²) in [6.07, 6.45) is 3.72. The highest BCUT2D eigenvalue weighted by molar-refractivity contribution is 6.24. The highest BCUT2D eigenvalue weighted by Gasteiger charge is 2.64. The molecule has 1 fully saturated rings. The van der Waals surface area contributed by atoms with Crippen LogP contribution >= 0.6 is 0 Å². The summed E-state index contributed by atoms with van der Waals surface area (Å²) < 4.78 is 0. The van der Waals surface area contributed by atoms with E-state index in [9.17, 15) is 34.8 Å². The van der Waals surface area contributed by atoms with Crippen LogP contribution in [0.1, 0.15) is 49.3 Å². The van der Waals surface area contributed by atoms with Crippen molar-refractivity contribution in [3.63, 3.8) is 0 Å². The minimum absolute atomic E-state index is 0.0671. The third kappa shape index (κ3) is 3.89. The Morgan fingerprint density at radius 2 is 1.79 bits per heavy atom. The number of hydrogen-bond donors (Lipinski definition) is 5. The first-order chi connectivity index (χ1) is 17.8. The molecule has 0 heterocycles. The largest absolute Gasteiger partial charge is 0.508 e. The molecule has 206 valence electrons. The number of hydrogen-bond acceptors (Lipinski definition) is 9. The number of phenolic OH excluding ortho intramolecular Hbond substituents is 1. The smallest absolute Gasteiger partial charge is 0.255 e. The summed E-state index contributed by atoms with van der Waals surface area (Å²) >= 11 is 0. The Labute approximate surface area is 222 Å². The zero-order valence-corrected chi connectivity index (χ0v) is 22.5. The van der Waals surface area contributed by atoms with Gasteiger partial charge in [-0.05, 0) is 62.9 Å². The van der Waals surface area contributed by atoms with E-state index >= 15 is 0 Å². The summed E-state index contributed by atoms with van der Waals surface area (Å²) in [5.74, 6) is -6.36. The molecule has 0 bridgehead atoms. The zero-order chi connectivity index (χ0) is 28.3. The number of carbonyl (C=O) groups is 3. The quantitative estimate of drug-likeness (QED) is 0.262. The Kier molecular flexibility index (Phi) is 7.09. The first kappa shape index (κ1) is 27.7. The van der Waals surface area contributed by atoms with Crippen LogP contribution in [0.2, 0.25) is 0 Å². The van der Waals surface area contributed by atoms with Gasteiger partial charge in [0.25, 0.3) is 5.91 Å². The highest BCUT2D eigenvalue weighted by atomic mass is 16.3. The number of benzene rings is 1. The molecule has 1 aromatic carbocycles. The van der Waals surface area contributed by atoms with Gasteiger partial charge in [0.05, 0.1) is 11.6 Å². The van der Waals surface area contributed by atoms with Crippen LogP contribution in [0.3, 0.4) is 0 Å². The maximum absolute atomic E-state index is 14.0. The lowest BCUT2D eigenvalue weighted by molar-refractivity contribution is -0.153. The van der Waals surface area contributed by atoms with Gasteiger partial charge in [-0.1, -0.05) is 19.8 Å². The molecule has 0 aliphatic heterocycles. The number of nitrogens with zero attached hydrogens (tertiary/aromatic N) is 2. The van der Waals surface area contributed by atoms with E-state index in [-0.39, 0.29) is 29.7 Å². The van der Waals surface area contributed by atoms with Gasteiger partial charge in [0, 0.05) is 31.3 Å². The maximum atomic E-state index is 14.0. The average molecular weight is 528 g/mol. The fourth-order valence-corrected chi connectivity index (χ4v) is 6.50. The number of primary amides is 1. The summed E-state index contributed by atoms with van der Waals surface area (Å²) in [6.45, 7) is 2.08. The summed E-state index contributed by atoms with van der Waals surface area (Å²) in [5, 5.41) is 45.4. The van der Waals surface area contributed by atoms with Crippen molar-refractivity contribution in [2.45, 2.75) is 57.1 Å². The molecular formula is C28H37N3O7. The van der Waals surface area contributed by atoms with Crippen LogP contribution in [0.5, 0.6) is 5.75 Å². The Hall–Kier alpha value is -3.37. The van der Waals surface area contributed by atoms with E-state index in [0.29, 0.717) is 17.5 Å². The molecule has 0 spiro atoms. The average Bonchev–Trinajstić information content (AvgIpc) is 2.82. The first-order valence-corrected chi connectivity index (χ1v) is 13.0. The number of Topliss-reactive ketones (excluding diaryl/α,β-unsaturated/α-hetero) is 2. The monoisotopic (exact) mass is 527 g/mol. The number of carbonyl (C=O) groups excluding carboxylic acids is 3. The third-order valence-corrected chi connectivity index (χ3v) is 8.31. The Morgan fingerprint density at radius 3 is 2.34 bits per heavy atom. The van der Waals surface area contributed by atoms with Crippen LogP contribution in [0.4, 0.5) is 5.69 Å². The lowest BCUT2D eigenvalue weighted by atomic mass is 9.57. The minimum Gasteiger partial charge on any atom is -0.508 e. The van der Waals surface area contributed by atoms with Gasteiger partial charge < -0.3 is 31.1 Å². The van der Waals surface area contributed by atoms with Crippen molar-refractivity contribution in [2.75, 3.05) is 33.1 Å². The fourth-order valence-electron chi connectivity index (χ4n) is 6.50. The molecule has 38 heavy (non-hydrogen) atoms. The molecule has 1 amide bonds. The molecule has 4 rings (SSSR count). The van der Waals surface area contributed by atoms with E-state index in [1.807, 2.05) is 25.1 Å². The molecule has 2 unspecified atom stereocenters. The second kappa shape index (κ2) is 9.74. The lowest BCUT2D eigenvalue weighted by Crippen LogP contribution is -2.65. The van der Waals surface area contributed by atoms with Crippen LogP contribution in [0.25, 0.3) is 5.76 Å². The summed E-state index contributed by atoms with van der Waals surface area (Å²) in [5.41, 5.74) is 4.02. The zero-order valence-electron chi connectivity index (χ0n) is 22.5. The van der Waals surface area contributed by atoms with Crippen molar-refractivity contribution in [1.29, 1.82) is 0 Å². The number of unbranched alkanes of at least 4 members (excludes halogenated alkanes) is 2. The van der Waals surface area contributed by atoms with E-state index in [2.05, 4.69) is 6.92 Å². The predicted molar refractivity (Wildman–Crippen MR) is 142 cm³/mol. The van der Waals surface area contributed by atoms with Crippen molar-refractivity contribution in [2.24, 2.45) is 17.6 Å². The number of ketones is 2. The molecule has 1 aromatic rings. The number of aryl methyl sites for hydroxylation is 1. The van der Waals surface area contributed by atoms with E-state index in [0.717, 1.165) is 24.9 Å². The van der Waals surface area contributed by atoms with Crippen molar-refractivity contribution in [1.82, 2.24) is 4.90 Å². The van der Waals surface area contributed by atoms with Crippen LogP contribution in [0, 0.1) is 11.8 Å². The number of amides is 1. The second-order valence-corrected chi connectivity index (χ2v) is 11.1. The summed E-state index contributed by atoms with van der Waals surface area (Å²) in [6, 6.07) is 0.805. The number of aliphatic hydroxyl groups is 3. The highest BCUT2D eigenvalue weighted by Crippen LogP contribution is 2.54. The number of anilines is 1. The van der Waals surface area contributed by atoms with E-state index < -0.39 is 58.0 Å². The molecule has 3 aliphatic carbocycles. The van der Waals surface area contributed by atoms with Crippen LogP contribution < -0.4 is 10.6 Å². The normalized spacial score (nSPS) is 26.9. The standard InChI is InChI=1S/C28H37N3O7/c1-6-7-8-9-13-12-17(30(2)3)15-10-14-11-16-21(31(4)5)24(34)20(27(29)37)26(36)28(16,38)25(35)18(14)23(33)19(15)22(13)32/h12,14,16,21,32-33,36,38H,6-11H2,1-5H3,(H2,29,37)/t14?,16?,21-,28-/m0/s1. The topological polar surface area (TPSA) is 165 Å². The molecule has 0 radical (unpaired) electrons. The van der Waals surface area contributed by atoms with Gasteiger partial charge in [0.2, 0.25) is 5.78 Å². The third-order valence-electron chi connectivity index (χ3n) is 8.31. The molecule has 4 atom stereocenters. The van der Waals surface area contributed by atoms with Gasteiger partial charge in [-0.15, -0.1) is 0 Å². The van der Waals surface area contributed by atoms with Gasteiger partial charge in [-0.2, -0.15) is 0 Å². The fraction of sp³-hybridized carbons (Fsp3) is 0.536. The molecule has 10 nitrogen and oxygen atoms in total. The summed E-state index contributed by atoms with van der Waals surface area (Å²) in [7, 11) is 6.88. The van der Waals surface area contributed by atoms with Crippen molar-refractivity contribution in [3.8, 4) is 5.75 Å². The van der Waals surface area contributed by atoms with E-state index in [4.69, 9.17) is 5.73 Å². The van der Waals surface area contributed by atoms with Gasteiger partial charge in [-0.25, -0.2) is 0 Å². The number of aromatic hydroxyl groups is 1. The Balaban J connectivity index is 1.95. The van der Waals surface area contributed by atoms with E-state index in [1.165, 1.54) is 4.90 Å². The number of nitrogens with two attached hydrogens (primary N) is 1. The molecular weight excluding hydrogens is 490 g/mol. The molecule has 0 aromatic heterocycles. The van der Waals surface area contributed by atoms with Crippen LogP contribution in [0.15, 0.2) is 23.0 Å². The van der Waals surface area contributed by atoms with Crippen LogP contribution in [-0.4, -0.2) is 82.6 Å². The van der Waals surface area contributed by atoms with Crippen molar-refractivity contribution >= 4 is 28.9 Å². The Morgan fingerprint density at radius 1 is 1.13 bits per heavy atom. The maximum Gasteiger partial charge on any atom is 0.255 e. The Bertz CT molecular complexity index is 1280. The number of fused-ring (bicyclic) bond motifs is 3. The van der Waals surface area contributed by atoms with Gasteiger partial charge in [0.15, 0.2) is 11.4 Å². The molecule has 0 saturated heterocycles. The van der Waals surface area contributed by atoms with Crippen molar-refractivity contribution < 1.29 is 34.8 Å². The number of likely N-dealkylation sites (N-methyl/N-ethyl adjacent to an activating group) is 1. The number of rotatable bonds is 7. The van der Waals surface area contributed by atoms with Gasteiger partial charge in [-0.3, -0.25) is 19.3 Å². The molecule has 1 saturated carbocycles. The molecule has 3 aliphatic rings. The van der Waals surface area contributed by atoms with Gasteiger partial charge >= 0.3 is 0 Å². The van der Waals surface area contributed by atoms with E-state index in [1.54, 1.807) is 14.1 Å². The van der Waals surface area contributed by atoms with Gasteiger partial charge in [0.1, 0.15) is 22.8 Å². The molecule has 10 heteroatoms. The van der Waals surface area contributed by atoms with Crippen molar-refractivity contribution in [3.05, 3.63) is 39.7 Å². The predicted octanol–water partition coefficient (Wildman–Crippen LogP) is 1.76. The second-order valence-electron chi connectivity index (χ2n) is 11.1. The number of phenols is 1. The minimum atomic E-state index is -2.64. The summed E-state index contributed by atoms with van der Waals surface area (Å²) in [4.78, 5) is 42.7. The first-order valence-electron chi connectivity index (χ1n) is 13.0. The SMILES string of the molecule is CCCCCc1cc(N(C)C)c2c(c1O)C(O)=C1C(=O)[C@]3(O)C(O)=C(C(N)=O)C(=O)[C@@H](N(C)C)C3CC1C2. The lowest BCUT2D eigenvalue weighted by Gasteiger charge is -2.50. The molecule has 6 N–H and O–H groups in total. The van der Waals surface area contributed by atoms with Crippen LogP contribution in [-0.2, 0) is 27.2 Å². The number of aliphatic hydroxyl groups excluding tert-OH is 2.